The van der Waals surface area contributed by atoms with E-state index in [2.05, 4.69) is 11.0 Å². The number of aromatic carboxylic acids is 1. The van der Waals surface area contributed by atoms with Gasteiger partial charge >= 0.3 is 5.97 Å². The first-order valence-corrected chi connectivity index (χ1v) is 5.02. The molecule has 0 aliphatic carbocycles. The van der Waals surface area contributed by atoms with Gasteiger partial charge in [0.1, 0.15) is 17.8 Å². The molecule has 0 bridgehead atoms. The quantitative estimate of drug-likeness (QED) is 0.813. The highest BCUT2D eigenvalue weighted by molar-refractivity contribution is 5.94. The van der Waals surface area contributed by atoms with Crippen molar-refractivity contribution in [3.63, 3.8) is 0 Å². The van der Waals surface area contributed by atoms with Gasteiger partial charge in [0.05, 0.1) is 0 Å². The largest absolute Gasteiger partial charge is 0.478 e. The molecule has 2 aromatic rings. The molecule has 0 aliphatic heterocycles. The number of hydrogen-bond donors (Lipinski definition) is 1. The Hall–Kier alpha value is -2.54. The molecule has 0 radical (unpaired) electrons. The zero-order chi connectivity index (χ0) is 12.3. The van der Waals surface area contributed by atoms with Crippen LogP contribution in [0.3, 0.4) is 0 Å². The van der Waals surface area contributed by atoms with Crippen LogP contribution in [0, 0.1) is 12.3 Å². The Bertz CT molecular complexity index is 579. The van der Waals surface area contributed by atoms with E-state index in [1.165, 1.54) is 10.9 Å². The van der Waals surface area contributed by atoms with Crippen LogP contribution in [-0.2, 0) is 6.54 Å². The van der Waals surface area contributed by atoms with E-state index in [1.54, 1.807) is 0 Å². The number of benzene rings is 1. The lowest BCUT2D eigenvalue weighted by Crippen LogP contribution is -1.96. The third-order valence-corrected chi connectivity index (χ3v) is 2.29. The molecule has 0 unspecified atom stereocenters. The number of rotatable bonds is 3. The lowest BCUT2D eigenvalue weighted by molar-refractivity contribution is 0.0697. The molecule has 0 fully saturated rings. The molecule has 0 amide bonds. The van der Waals surface area contributed by atoms with E-state index in [0.29, 0.717) is 5.69 Å². The van der Waals surface area contributed by atoms with Crippen molar-refractivity contribution in [2.24, 2.45) is 0 Å². The Kier molecular flexibility index (Phi) is 2.93. The first-order chi connectivity index (χ1) is 8.22. The van der Waals surface area contributed by atoms with Crippen molar-refractivity contribution in [3.05, 3.63) is 42.1 Å². The van der Waals surface area contributed by atoms with Gasteiger partial charge < -0.3 is 5.11 Å². The fraction of sp³-hybridized carbons (Fsp3) is 0.0769. The molecule has 4 nitrogen and oxygen atoms in total. The molecule has 84 valence electrons. The predicted molar refractivity (Wildman–Crippen MR) is 63.5 cm³/mol. The smallest absolute Gasteiger partial charge is 0.339 e. The fourth-order valence-electron chi connectivity index (χ4n) is 1.56. The molecule has 0 atom stereocenters. The molecule has 0 saturated heterocycles. The molecule has 0 spiro atoms. The number of terminal acetylenes is 1. The van der Waals surface area contributed by atoms with Gasteiger partial charge in [0.25, 0.3) is 0 Å². The van der Waals surface area contributed by atoms with E-state index >= 15 is 0 Å². The van der Waals surface area contributed by atoms with E-state index in [4.69, 9.17) is 11.5 Å². The van der Waals surface area contributed by atoms with Crippen LogP contribution in [-0.4, -0.2) is 20.9 Å². The molecule has 17 heavy (non-hydrogen) atoms. The van der Waals surface area contributed by atoms with Crippen molar-refractivity contribution in [2.45, 2.75) is 6.54 Å². The molecular weight excluding hydrogens is 216 g/mol. The van der Waals surface area contributed by atoms with Gasteiger partial charge in [0.2, 0.25) is 0 Å². The average molecular weight is 226 g/mol. The van der Waals surface area contributed by atoms with Crippen molar-refractivity contribution in [1.29, 1.82) is 0 Å². The average Bonchev–Trinajstić information content (AvgIpc) is 2.75. The summed E-state index contributed by atoms with van der Waals surface area (Å²) in [6.45, 7) is 0.257. The van der Waals surface area contributed by atoms with Crippen LogP contribution < -0.4 is 0 Å². The summed E-state index contributed by atoms with van der Waals surface area (Å²) in [5.41, 5.74) is 1.36. The minimum absolute atomic E-state index is 0.159. The summed E-state index contributed by atoms with van der Waals surface area (Å²) in [5.74, 6) is 1.42. The maximum absolute atomic E-state index is 11.1. The summed E-state index contributed by atoms with van der Waals surface area (Å²) < 4.78 is 1.45. The van der Waals surface area contributed by atoms with Gasteiger partial charge in [-0.05, 0) is 0 Å². The molecule has 1 aromatic carbocycles. The number of nitrogens with zero attached hydrogens (tertiary/aromatic N) is 2. The molecule has 2 rings (SSSR count). The molecule has 1 aromatic heterocycles. The van der Waals surface area contributed by atoms with E-state index in [9.17, 15) is 4.79 Å². The topological polar surface area (TPSA) is 55.1 Å². The summed E-state index contributed by atoms with van der Waals surface area (Å²) in [7, 11) is 0. The van der Waals surface area contributed by atoms with E-state index in [1.807, 2.05) is 30.3 Å². The molecular formula is C13H10N2O2. The SMILES string of the molecule is C#CCn1cc(C(=O)O)c(-c2ccccc2)n1. The summed E-state index contributed by atoms with van der Waals surface area (Å²) in [6.07, 6.45) is 6.63. The zero-order valence-electron chi connectivity index (χ0n) is 9.00. The standard InChI is InChI=1S/C13H10N2O2/c1-2-8-15-9-11(13(16)17)12(14-15)10-6-4-3-5-7-10/h1,3-7,9H,8H2,(H,16,17). The molecule has 1 N–H and O–H groups in total. The molecule has 0 aliphatic rings. The van der Waals surface area contributed by atoms with Crippen LogP contribution in [0.2, 0.25) is 0 Å². The van der Waals surface area contributed by atoms with E-state index in [0.717, 1.165) is 5.56 Å². The van der Waals surface area contributed by atoms with Gasteiger partial charge in [0.15, 0.2) is 0 Å². The third kappa shape index (κ3) is 2.18. The summed E-state index contributed by atoms with van der Waals surface area (Å²) in [5, 5.41) is 13.3. The Morgan fingerprint density at radius 2 is 2.12 bits per heavy atom. The molecule has 1 heterocycles. The monoisotopic (exact) mass is 226 g/mol. The van der Waals surface area contributed by atoms with Crippen molar-refractivity contribution in [1.82, 2.24) is 9.78 Å². The van der Waals surface area contributed by atoms with Crippen LogP contribution in [0.25, 0.3) is 11.3 Å². The highest BCUT2D eigenvalue weighted by Crippen LogP contribution is 2.21. The van der Waals surface area contributed by atoms with Gasteiger partial charge in [-0.15, -0.1) is 6.42 Å². The van der Waals surface area contributed by atoms with E-state index in [-0.39, 0.29) is 12.1 Å². The maximum Gasteiger partial charge on any atom is 0.339 e. The number of aromatic nitrogens is 2. The van der Waals surface area contributed by atoms with Crippen LogP contribution in [0.5, 0.6) is 0 Å². The Labute approximate surface area is 98.5 Å². The second-order valence-electron chi connectivity index (χ2n) is 3.46. The number of carbonyl (C=O) groups is 1. The van der Waals surface area contributed by atoms with Gasteiger partial charge in [-0.25, -0.2) is 4.79 Å². The summed E-state index contributed by atoms with van der Waals surface area (Å²) in [6, 6.07) is 9.16. The number of carboxylic acids is 1. The number of hydrogen-bond acceptors (Lipinski definition) is 2. The summed E-state index contributed by atoms with van der Waals surface area (Å²) >= 11 is 0. The lowest BCUT2D eigenvalue weighted by Gasteiger charge is -1.97. The van der Waals surface area contributed by atoms with Gasteiger partial charge in [0, 0.05) is 11.8 Å². The summed E-state index contributed by atoms with van der Waals surface area (Å²) in [4.78, 5) is 11.1. The molecule has 4 heteroatoms. The minimum atomic E-state index is -1.01. The van der Waals surface area contributed by atoms with Crippen molar-refractivity contribution in [3.8, 4) is 23.6 Å². The van der Waals surface area contributed by atoms with E-state index < -0.39 is 5.97 Å². The van der Waals surface area contributed by atoms with Crippen molar-refractivity contribution in [2.75, 3.05) is 0 Å². The van der Waals surface area contributed by atoms with Crippen LogP contribution in [0.1, 0.15) is 10.4 Å². The van der Waals surface area contributed by atoms with Gasteiger partial charge in [-0.3, -0.25) is 4.68 Å². The normalized spacial score (nSPS) is 9.82. The van der Waals surface area contributed by atoms with Gasteiger partial charge in [-0.2, -0.15) is 5.10 Å². The highest BCUT2D eigenvalue weighted by Gasteiger charge is 2.16. The zero-order valence-corrected chi connectivity index (χ0v) is 9.00. The predicted octanol–water partition coefficient (Wildman–Crippen LogP) is 1.88. The maximum atomic E-state index is 11.1. The lowest BCUT2D eigenvalue weighted by atomic mass is 10.1. The molecule has 0 saturated carbocycles. The second kappa shape index (κ2) is 4.54. The van der Waals surface area contributed by atoms with Crippen molar-refractivity contribution < 1.29 is 9.90 Å². The fourth-order valence-corrected chi connectivity index (χ4v) is 1.56. The number of carboxylic acid groups (broad SMARTS) is 1. The van der Waals surface area contributed by atoms with Crippen LogP contribution in [0.4, 0.5) is 0 Å². The van der Waals surface area contributed by atoms with Crippen molar-refractivity contribution >= 4 is 5.97 Å². The Balaban J connectivity index is 2.53. The third-order valence-electron chi connectivity index (χ3n) is 2.29. The highest BCUT2D eigenvalue weighted by atomic mass is 16.4. The second-order valence-corrected chi connectivity index (χ2v) is 3.46. The minimum Gasteiger partial charge on any atom is -0.478 e. The Morgan fingerprint density at radius 1 is 1.41 bits per heavy atom. The van der Waals surface area contributed by atoms with Crippen LogP contribution >= 0.6 is 0 Å². The van der Waals surface area contributed by atoms with Crippen LogP contribution in [0.15, 0.2) is 36.5 Å². The Morgan fingerprint density at radius 3 is 2.71 bits per heavy atom. The first-order valence-electron chi connectivity index (χ1n) is 5.02. The first kappa shape index (κ1) is 11.0. The van der Waals surface area contributed by atoms with Gasteiger partial charge in [-0.1, -0.05) is 36.3 Å².